The third-order valence-corrected chi connectivity index (χ3v) is 4.06. The number of nitriles is 1. The van der Waals surface area contributed by atoms with Crippen LogP contribution in [0.15, 0.2) is 48.5 Å². The second-order valence-electron chi connectivity index (χ2n) is 5.33. The molecule has 3 rings (SSSR count). The number of hydrogen-bond donors (Lipinski definition) is 1. The van der Waals surface area contributed by atoms with Gasteiger partial charge in [-0.2, -0.15) is 5.26 Å². The molecule has 1 heterocycles. The molecule has 0 saturated carbocycles. The molecule has 0 atom stereocenters. The summed E-state index contributed by atoms with van der Waals surface area (Å²) < 4.78 is 14.3. The van der Waals surface area contributed by atoms with Crippen molar-refractivity contribution < 1.29 is 9.31 Å². The van der Waals surface area contributed by atoms with Crippen molar-refractivity contribution in [3.63, 3.8) is 0 Å². The van der Waals surface area contributed by atoms with E-state index in [1.807, 2.05) is 6.07 Å². The molecule has 2 N–H and O–H groups in total. The van der Waals surface area contributed by atoms with Crippen LogP contribution in [0.1, 0.15) is 5.56 Å². The van der Waals surface area contributed by atoms with Gasteiger partial charge in [0.2, 0.25) is 0 Å². The fourth-order valence-electron chi connectivity index (χ4n) is 2.56. The lowest BCUT2D eigenvalue weighted by Crippen LogP contribution is -2.01. The Morgan fingerprint density at radius 3 is 2.62 bits per heavy atom. The third-order valence-electron chi connectivity index (χ3n) is 3.74. The van der Waals surface area contributed by atoms with Gasteiger partial charge >= 0.3 is 0 Å². The molecule has 8 heteroatoms. The fraction of sp³-hybridized carbons (Fsp3) is 0. The van der Waals surface area contributed by atoms with Crippen LogP contribution in [-0.2, 0) is 0 Å². The number of nitrogens with zero attached hydrogens (tertiary/aromatic N) is 3. The van der Waals surface area contributed by atoms with E-state index in [-0.39, 0.29) is 38.9 Å². The van der Waals surface area contributed by atoms with Crippen LogP contribution < -0.4 is 5.73 Å². The summed E-state index contributed by atoms with van der Waals surface area (Å²) in [4.78, 5) is 14.6. The van der Waals surface area contributed by atoms with Gasteiger partial charge in [-0.15, -0.1) is 0 Å². The number of rotatable bonds is 3. The lowest BCUT2D eigenvalue weighted by molar-refractivity contribution is -0.384. The van der Waals surface area contributed by atoms with Gasteiger partial charge in [-0.3, -0.25) is 10.1 Å². The van der Waals surface area contributed by atoms with Crippen LogP contribution in [0.3, 0.4) is 0 Å². The van der Waals surface area contributed by atoms with Gasteiger partial charge in [-0.25, -0.2) is 9.37 Å². The lowest BCUT2D eigenvalue weighted by atomic mass is 9.98. The maximum Gasteiger partial charge on any atom is 0.270 e. The Balaban J connectivity index is 2.29. The topological polar surface area (TPSA) is 106 Å². The molecular formula is C18H10ClFN4O2. The number of anilines is 1. The number of nitrogens with two attached hydrogens (primary N) is 1. The zero-order valence-corrected chi connectivity index (χ0v) is 13.9. The summed E-state index contributed by atoms with van der Waals surface area (Å²) in [5.41, 5.74) is 6.58. The second kappa shape index (κ2) is 6.78. The molecule has 0 aliphatic carbocycles. The minimum Gasteiger partial charge on any atom is -0.383 e. The monoisotopic (exact) mass is 368 g/mol. The Labute approximate surface area is 152 Å². The Morgan fingerprint density at radius 1 is 1.23 bits per heavy atom. The van der Waals surface area contributed by atoms with Crippen LogP contribution >= 0.6 is 11.6 Å². The molecule has 6 nitrogen and oxygen atoms in total. The number of benzene rings is 2. The summed E-state index contributed by atoms with van der Waals surface area (Å²) in [5, 5.41) is 20.5. The number of pyridine rings is 1. The number of halogens is 2. The highest BCUT2D eigenvalue weighted by Crippen LogP contribution is 2.37. The van der Waals surface area contributed by atoms with Gasteiger partial charge < -0.3 is 5.73 Å². The van der Waals surface area contributed by atoms with Crippen LogP contribution in [0.25, 0.3) is 22.4 Å². The third kappa shape index (κ3) is 3.06. The molecule has 1 aromatic heterocycles. The zero-order chi connectivity index (χ0) is 18.8. The summed E-state index contributed by atoms with van der Waals surface area (Å²) in [6.07, 6.45) is 0. The van der Waals surface area contributed by atoms with Crippen molar-refractivity contribution in [2.24, 2.45) is 0 Å². The minimum absolute atomic E-state index is 0.0199. The quantitative estimate of drug-likeness (QED) is 0.538. The SMILES string of the molecule is N#Cc1c(-c2c(F)cccc2Cl)cc(-c2cccc([N+](=O)[O-])c2)nc1N. The number of nitro benzene ring substituents is 1. The lowest BCUT2D eigenvalue weighted by Gasteiger charge is -2.12. The number of nitrogen functional groups attached to an aromatic ring is 1. The zero-order valence-electron chi connectivity index (χ0n) is 13.1. The first kappa shape index (κ1) is 17.3. The van der Waals surface area contributed by atoms with Crippen molar-refractivity contribution >= 4 is 23.1 Å². The molecule has 0 spiro atoms. The molecule has 26 heavy (non-hydrogen) atoms. The minimum atomic E-state index is -0.621. The fourth-order valence-corrected chi connectivity index (χ4v) is 2.83. The molecule has 128 valence electrons. The van der Waals surface area contributed by atoms with Gasteiger partial charge in [0.1, 0.15) is 23.3 Å². The maximum absolute atomic E-state index is 14.3. The summed E-state index contributed by atoms with van der Waals surface area (Å²) >= 11 is 6.11. The first-order valence-corrected chi connectivity index (χ1v) is 7.70. The van der Waals surface area contributed by atoms with Gasteiger partial charge in [-0.05, 0) is 18.2 Å². The van der Waals surface area contributed by atoms with Crippen LogP contribution in [0, 0.1) is 27.3 Å². The van der Waals surface area contributed by atoms with Gasteiger partial charge in [0, 0.05) is 28.8 Å². The van der Waals surface area contributed by atoms with Crippen LogP contribution in [0.5, 0.6) is 0 Å². The predicted molar refractivity (Wildman–Crippen MR) is 95.9 cm³/mol. The molecule has 0 aliphatic rings. The largest absolute Gasteiger partial charge is 0.383 e. The van der Waals surface area contributed by atoms with Crippen molar-refractivity contribution in [1.29, 1.82) is 5.26 Å². The van der Waals surface area contributed by atoms with Crippen molar-refractivity contribution in [3.8, 4) is 28.5 Å². The molecule has 0 fully saturated rings. The van der Waals surface area contributed by atoms with Crippen LogP contribution in [0.2, 0.25) is 5.02 Å². The Hall–Kier alpha value is -3.50. The van der Waals surface area contributed by atoms with E-state index >= 15 is 0 Å². The number of non-ortho nitro benzene ring substituents is 1. The van der Waals surface area contributed by atoms with Crippen LogP contribution in [-0.4, -0.2) is 9.91 Å². The summed E-state index contributed by atoms with van der Waals surface area (Å²) in [5.74, 6) is -0.740. The van der Waals surface area contributed by atoms with Crippen LogP contribution in [0.4, 0.5) is 15.9 Å². The molecule has 3 aromatic rings. The average molecular weight is 369 g/mol. The highest BCUT2D eigenvalue weighted by molar-refractivity contribution is 6.33. The van der Waals surface area contributed by atoms with E-state index in [9.17, 15) is 19.8 Å². The van der Waals surface area contributed by atoms with Gasteiger partial charge in [-0.1, -0.05) is 29.8 Å². The molecule has 0 bridgehead atoms. The molecule has 0 amide bonds. The standard InChI is InChI=1S/C18H10ClFN4O2/c19-14-5-2-6-15(20)17(14)12-8-16(23-18(22)13(12)9-21)10-3-1-4-11(7-10)24(25)26/h1-8H,(H2,22,23). The van der Waals surface area contributed by atoms with E-state index in [2.05, 4.69) is 4.98 Å². The first-order chi connectivity index (χ1) is 12.4. The Morgan fingerprint density at radius 2 is 1.96 bits per heavy atom. The van der Waals surface area contributed by atoms with Crippen molar-refractivity contribution in [1.82, 2.24) is 4.98 Å². The van der Waals surface area contributed by atoms with Crippen molar-refractivity contribution in [2.45, 2.75) is 0 Å². The van der Waals surface area contributed by atoms with E-state index in [1.54, 1.807) is 6.07 Å². The van der Waals surface area contributed by atoms with E-state index in [4.69, 9.17) is 17.3 Å². The average Bonchev–Trinajstić information content (AvgIpc) is 2.61. The van der Waals surface area contributed by atoms with Gasteiger partial charge in [0.15, 0.2) is 0 Å². The van der Waals surface area contributed by atoms with E-state index in [0.29, 0.717) is 5.56 Å². The molecule has 0 aliphatic heterocycles. The summed E-state index contributed by atoms with van der Waals surface area (Å²) in [6, 6.07) is 13.3. The summed E-state index contributed by atoms with van der Waals surface area (Å²) in [7, 11) is 0. The van der Waals surface area contributed by atoms with E-state index in [0.717, 1.165) is 0 Å². The molecule has 2 aromatic carbocycles. The predicted octanol–water partition coefficient (Wildman–Crippen LogP) is 4.57. The maximum atomic E-state index is 14.3. The van der Waals surface area contributed by atoms with Crippen molar-refractivity contribution in [2.75, 3.05) is 5.73 Å². The normalized spacial score (nSPS) is 10.3. The number of nitro groups is 1. The highest BCUT2D eigenvalue weighted by atomic mass is 35.5. The van der Waals surface area contributed by atoms with Crippen molar-refractivity contribution in [3.05, 3.63) is 75.0 Å². The van der Waals surface area contributed by atoms with E-state index < -0.39 is 10.7 Å². The smallest absolute Gasteiger partial charge is 0.270 e. The molecule has 0 unspecified atom stereocenters. The molecule has 0 radical (unpaired) electrons. The number of hydrogen-bond acceptors (Lipinski definition) is 5. The van der Waals surface area contributed by atoms with E-state index in [1.165, 1.54) is 42.5 Å². The first-order valence-electron chi connectivity index (χ1n) is 7.32. The Bertz CT molecular complexity index is 1060. The second-order valence-corrected chi connectivity index (χ2v) is 5.74. The van der Waals surface area contributed by atoms with Gasteiger partial charge in [0.05, 0.1) is 15.6 Å². The summed E-state index contributed by atoms with van der Waals surface area (Å²) in [6.45, 7) is 0. The Kier molecular flexibility index (Phi) is 4.52. The van der Waals surface area contributed by atoms with Gasteiger partial charge in [0.25, 0.3) is 5.69 Å². The molecular weight excluding hydrogens is 359 g/mol. The molecule has 0 saturated heterocycles. The number of aromatic nitrogens is 1. The highest BCUT2D eigenvalue weighted by Gasteiger charge is 2.19.